The van der Waals surface area contributed by atoms with E-state index in [1.807, 2.05) is 24.3 Å². The summed E-state index contributed by atoms with van der Waals surface area (Å²) in [5.74, 6) is 0. The summed E-state index contributed by atoms with van der Waals surface area (Å²) in [5, 5.41) is 5.65. The zero-order valence-corrected chi connectivity index (χ0v) is 34.5. The smallest absolute Gasteiger partial charge is 0.116 e. The average Bonchev–Trinajstić information content (AvgIpc) is 3.71. The molecule has 0 aromatic heterocycles. The van der Waals surface area contributed by atoms with Crippen LogP contribution in [0.4, 0.5) is 39.8 Å². The van der Waals surface area contributed by atoms with Crippen LogP contribution in [-0.2, 0) is 6.42 Å². The molecule has 1 aliphatic rings. The SMILES string of the molecule is O=Nc1cc2cc3c(cc2cc1-c1ccc(N(c2ccccc2)c2ccc(-c4ccccc4)cc2)cc1)Cc1cc(N(c2ccccc2)c2ccc(-c4ccccc4)cc2)ccc1-3. The van der Waals surface area contributed by atoms with Crippen LogP contribution in [-0.4, -0.2) is 0 Å². The first-order valence-electron chi connectivity index (χ1n) is 21.4. The summed E-state index contributed by atoms with van der Waals surface area (Å²) < 4.78 is 0. The highest BCUT2D eigenvalue weighted by molar-refractivity contribution is 5.98. The van der Waals surface area contributed by atoms with Crippen molar-refractivity contribution in [3.05, 3.63) is 253 Å². The fourth-order valence-electron chi connectivity index (χ4n) is 9.13. The van der Waals surface area contributed by atoms with Gasteiger partial charge < -0.3 is 9.80 Å². The molecular formula is C59H41N3O. The van der Waals surface area contributed by atoms with Crippen molar-refractivity contribution in [3.8, 4) is 44.5 Å². The van der Waals surface area contributed by atoms with E-state index in [1.54, 1.807) is 0 Å². The van der Waals surface area contributed by atoms with Gasteiger partial charge in [-0.3, -0.25) is 0 Å². The predicted octanol–water partition coefficient (Wildman–Crippen LogP) is 16.7. The van der Waals surface area contributed by atoms with Crippen molar-refractivity contribution in [3.63, 3.8) is 0 Å². The molecule has 0 fully saturated rings. The first-order chi connectivity index (χ1) is 31.2. The van der Waals surface area contributed by atoms with Crippen molar-refractivity contribution in [1.82, 2.24) is 0 Å². The molecule has 4 heteroatoms. The van der Waals surface area contributed by atoms with E-state index in [0.717, 1.165) is 62.4 Å². The van der Waals surface area contributed by atoms with Crippen LogP contribution in [0.2, 0.25) is 0 Å². The Morgan fingerprint density at radius 3 is 1.19 bits per heavy atom. The molecule has 0 N–H and O–H groups in total. The number of nitroso groups, excluding NO2 is 1. The topological polar surface area (TPSA) is 35.9 Å². The molecule has 11 rings (SSSR count). The average molecular weight is 808 g/mol. The molecule has 298 valence electrons. The van der Waals surface area contributed by atoms with Crippen LogP contribution in [0, 0.1) is 4.91 Å². The van der Waals surface area contributed by atoms with E-state index in [-0.39, 0.29) is 0 Å². The molecular weight excluding hydrogens is 767 g/mol. The van der Waals surface area contributed by atoms with Crippen molar-refractivity contribution < 1.29 is 0 Å². The summed E-state index contributed by atoms with van der Waals surface area (Å²) in [4.78, 5) is 17.1. The molecule has 4 nitrogen and oxygen atoms in total. The maximum atomic E-state index is 12.5. The third-order valence-corrected chi connectivity index (χ3v) is 12.2. The van der Waals surface area contributed by atoms with Gasteiger partial charge in [-0.25, -0.2) is 0 Å². The van der Waals surface area contributed by atoms with Crippen molar-refractivity contribution in [2.75, 3.05) is 9.80 Å². The number of hydrogen-bond donors (Lipinski definition) is 0. The summed E-state index contributed by atoms with van der Waals surface area (Å²) in [7, 11) is 0. The van der Waals surface area contributed by atoms with Gasteiger partial charge in [0.05, 0.1) is 0 Å². The normalized spacial score (nSPS) is 11.5. The van der Waals surface area contributed by atoms with Crippen molar-refractivity contribution in [2.45, 2.75) is 6.42 Å². The molecule has 10 aromatic rings. The first kappa shape index (κ1) is 37.6. The number of hydrogen-bond acceptors (Lipinski definition) is 4. The molecule has 0 amide bonds. The minimum Gasteiger partial charge on any atom is -0.311 e. The lowest BCUT2D eigenvalue weighted by atomic mass is 9.95. The Hall–Kier alpha value is -8.34. The molecule has 0 spiro atoms. The molecule has 0 aliphatic heterocycles. The van der Waals surface area contributed by atoms with Gasteiger partial charge in [-0.05, 0) is 163 Å². The number of anilines is 6. The van der Waals surface area contributed by atoms with Crippen LogP contribution >= 0.6 is 0 Å². The number of para-hydroxylation sites is 2. The molecule has 0 saturated carbocycles. The highest BCUT2D eigenvalue weighted by Gasteiger charge is 2.23. The molecule has 1 aliphatic carbocycles. The van der Waals surface area contributed by atoms with Gasteiger partial charge in [-0.15, -0.1) is 4.91 Å². The second-order valence-electron chi connectivity index (χ2n) is 16.0. The zero-order valence-electron chi connectivity index (χ0n) is 34.5. The van der Waals surface area contributed by atoms with E-state index >= 15 is 0 Å². The minimum absolute atomic E-state index is 0.428. The lowest BCUT2D eigenvalue weighted by Gasteiger charge is -2.26. The summed E-state index contributed by atoms with van der Waals surface area (Å²) in [5.41, 5.74) is 18.4. The highest BCUT2D eigenvalue weighted by Crippen LogP contribution is 2.45. The molecule has 0 atom stereocenters. The van der Waals surface area contributed by atoms with Crippen LogP contribution in [0.5, 0.6) is 0 Å². The molecule has 10 aromatic carbocycles. The fourth-order valence-corrected chi connectivity index (χ4v) is 9.13. The van der Waals surface area contributed by atoms with Crippen LogP contribution < -0.4 is 9.80 Å². The van der Waals surface area contributed by atoms with Crippen molar-refractivity contribution >= 4 is 50.6 Å². The van der Waals surface area contributed by atoms with Gasteiger partial charge in [0.1, 0.15) is 5.69 Å². The van der Waals surface area contributed by atoms with E-state index in [4.69, 9.17) is 0 Å². The molecule has 0 bridgehead atoms. The van der Waals surface area contributed by atoms with Gasteiger partial charge in [-0.2, -0.15) is 0 Å². The van der Waals surface area contributed by atoms with Gasteiger partial charge in [0.15, 0.2) is 0 Å². The summed E-state index contributed by atoms with van der Waals surface area (Å²) in [6.45, 7) is 0. The Bertz CT molecular complexity index is 3220. The third-order valence-electron chi connectivity index (χ3n) is 12.2. The quantitative estimate of drug-likeness (QED) is 0.129. The highest BCUT2D eigenvalue weighted by atomic mass is 16.3. The maximum Gasteiger partial charge on any atom is 0.116 e. The standard InChI is InChI=1S/C59H41N3O/c63-60-59-40-47-38-57-48(36-49-37-55(33-34-56(49)57)62(51-19-11-4-12-20-51)54-29-23-44(24-30-54)42-15-7-2-8-16-42)35-46(47)39-58(59)45-25-31-53(32-26-45)61(50-17-9-3-10-18-50)52-27-21-43(22-28-52)41-13-5-1-6-14-41/h1-35,37-40H,36H2. The van der Waals surface area contributed by atoms with E-state index in [9.17, 15) is 4.91 Å². The minimum atomic E-state index is 0.428. The summed E-state index contributed by atoms with van der Waals surface area (Å²) in [6, 6.07) is 83.2. The first-order valence-corrected chi connectivity index (χ1v) is 21.4. The number of benzene rings is 10. The second kappa shape index (κ2) is 16.3. The molecule has 0 unspecified atom stereocenters. The summed E-state index contributed by atoms with van der Waals surface area (Å²) >= 11 is 0. The predicted molar refractivity (Wildman–Crippen MR) is 263 cm³/mol. The largest absolute Gasteiger partial charge is 0.311 e. The van der Waals surface area contributed by atoms with Crippen molar-refractivity contribution in [1.29, 1.82) is 0 Å². The molecule has 0 heterocycles. The van der Waals surface area contributed by atoms with E-state index in [0.29, 0.717) is 5.69 Å². The Labute approximate surface area is 367 Å². The maximum absolute atomic E-state index is 12.5. The number of fused-ring (bicyclic) bond motifs is 4. The monoisotopic (exact) mass is 807 g/mol. The second-order valence-corrected chi connectivity index (χ2v) is 16.0. The van der Waals surface area contributed by atoms with Crippen LogP contribution in [0.3, 0.4) is 0 Å². The zero-order chi connectivity index (χ0) is 42.1. The Kier molecular flexibility index (Phi) is 9.72. The molecule has 63 heavy (non-hydrogen) atoms. The van der Waals surface area contributed by atoms with Gasteiger partial charge in [0, 0.05) is 39.7 Å². The van der Waals surface area contributed by atoms with Gasteiger partial charge >= 0.3 is 0 Å². The van der Waals surface area contributed by atoms with Crippen molar-refractivity contribution in [2.24, 2.45) is 5.18 Å². The van der Waals surface area contributed by atoms with Crippen LogP contribution in [0.25, 0.3) is 55.3 Å². The lowest BCUT2D eigenvalue weighted by Crippen LogP contribution is -2.10. The third kappa shape index (κ3) is 7.24. The summed E-state index contributed by atoms with van der Waals surface area (Å²) in [6.07, 6.45) is 0.823. The Balaban J connectivity index is 0.904. The number of rotatable bonds is 10. The molecule has 0 radical (unpaired) electrons. The Morgan fingerprint density at radius 2 is 0.683 bits per heavy atom. The van der Waals surface area contributed by atoms with E-state index < -0.39 is 0 Å². The number of nitrogens with zero attached hydrogens (tertiary/aromatic N) is 3. The fraction of sp³-hybridized carbons (Fsp3) is 0.0169. The van der Waals surface area contributed by atoms with Gasteiger partial charge in [-0.1, -0.05) is 146 Å². The van der Waals surface area contributed by atoms with E-state index in [2.05, 4.69) is 227 Å². The van der Waals surface area contributed by atoms with Crippen LogP contribution in [0.1, 0.15) is 11.1 Å². The van der Waals surface area contributed by atoms with E-state index in [1.165, 1.54) is 44.5 Å². The molecule has 0 saturated heterocycles. The Morgan fingerprint density at radius 1 is 0.302 bits per heavy atom. The van der Waals surface area contributed by atoms with Gasteiger partial charge in [0.2, 0.25) is 0 Å². The lowest BCUT2D eigenvalue weighted by molar-refractivity contribution is 1.23. The van der Waals surface area contributed by atoms with Crippen LogP contribution in [0.15, 0.2) is 242 Å². The van der Waals surface area contributed by atoms with Gasteiger partial charge in [0.25, 0.3) is 0 Å².